The smallest absolute Gasteiger partial charge is 0.323 e. The van der Waals surface area contributed by atoms with Crippen molar-refractivity contribution in [3.63, 3.8) is 0 Å². The molecule has 9 heteroatoms. The van der Waals surface area contributed by atoms with Crippen LogP contribution in [0.1, 0.15) is 0 Å². The van der Waals surface area contributed by atoms with Crippen LogP contribution in [0, 0.1) is 0 Å². The first-order valence-electron chi connectivity index (χ1n) is 9.02. The summed E-state index contributed by atoms with van der Waals surface area (Å²) in [7, 11) is -7.60. The van der Waals surface area contributed by atoms with Crippen molar-refractivity contribution in [2.24, 2.45) is 0 Å². The molecule has 0 aliphatic carbocycles. The second-order valence-corrected chi connectivity index (χ2v) is 28.2. The molecule has 0 bridgehead atoms. The number of hydrogen-bond donors (Lipinski definition) is 0. The predicted molar refractivity (Wildman–Crippen MR) is 115 cm³/mol. The van der Waals surface area contributed by atoms with Crippen molar-refractivity contribution >= 4 is 39.2 Å². The molecule has 0 fully saturated rings. The molecule has 5 nitrogen and oxygen atoms in total. The fourth-order valence-electron chi connectivity index (χ4n) is 1.99. The second-order valence-electron chi connectivity index (χ2n) is 10.4. The van der Waals surface area contributed by atoms with E-state index in [9.17, 15) is 4.79 Å². The van der Waals surface area contributed by atoms with Crippen molar-refractivity contribution in [2.45, 2.75) is 90.8 Å². The third kappa shape index (κ3) is 14.0. The van der Waals surface area contributed by atoms with Gasteiger partial charge in [-0.2, -0.15) is 0 Å². The first kappa shape index (κ1) is 25.2. The van der Waals surface area contributed by atoms with Crippen LogP contribution in [0.3, 0.4) is 0 Å². The summed E-state index contributed by atoms with van der Waals surface area (Å²) >= 11 is 0. The largest absolute Gasteiger partial charge is 0.518 e. The van der Waals surface area contributed by atoms with Gasteiger partial charge < -0.3 is 17.7 Å². The van der Waals surface area contributed by atoms with E-state index in [1.165, 1.54) is 0 Å². The van der Waals surface area contributed by atoms with Gasteiger partial charge in [-0.1, -0.05) is 0 Å². The van der Waals surface area contributed by atoms with E-state index in [0.717, 1.165) is 0 Å². The summed E-state index contributed by atoms with van der Waals surface area (Å²) < 4.78 is 24.4. The molecule has 0 aromatic carbocycles. The number of hydrogen-bond acceptors (Lipinski definition) is 5. The fourth-order valence-corrected chi connectivity index (χ4v) is 5.48. The maximum atomic E-state index is 12.9. The zero-order valence-electron chi connectivity index (χ0n) is 18.4. The lowest BCUT2D eigenvalue weighted by atomic mass is 10.2. The summed E-state index contributed by atoms with van der Waals surface area (Å²) in [4.78, 5) is 12.9. The molecule has 0 rings (SSSR count). The van der Waals surface area contributed by atoms with Gasteiger partial charge in [0.05, 0.1) is 6.61 Å². The van der Waals surface area contributed by atoms with Gasteiger partial charge in [-0.3, -0.25) is 4.79 Å². The van der Waals surface area contributed by atoms with Gasteiger partial charge in [0.25, 0.3) is 0 Å². The van der Waals surface area contributed by atoms with E-state index >= 15 is 0 Å². The Labute approximate surface area is 159 Å². The molecule has 0 saturated carbocycles. The first-order valence-corrected chi connectivity index (χ1v) is 22.6. The van der Waals surface area contributed by atoms with E-state index in [0.29, 0.717) is 6.61 Å². The Balaban J connectivity index is 5.58. The van der Waals surface area contributed by atoms with Crippen molar-refractivity contribution in [3.05, 3.63) is 0 Å². The zero-order valence-corrected chi connectivity index (χ0v) is 22.4. The fraction of sp³-hybridized carbons (Fsp3) is 0.938. The molecule has 0 N–H and O–H groups in total. The third-order valence-corrected chi connectivity index (χ3v) is 6.46. The topological polar surface area (TPSA) is 54.0 Å². The van der Waals surface area contributed by atoms with Crippen molar-refractivity contribution in [3.8, 4) is 0 Å². The molecule has 0 amide bonds. The van der Waals surface area contributed by atoms with E-state index < -0.39 is 45.5 Å². The van der Waals surface area contributed by atoms with Gasteiger partial charge in [0.2, 0.25) is 8.32 Å². The molecular weight excluding hydrogens is 385 g/mol. The van der Waals surface area contributed by atoms with Crippen molar-refractivity contribution in [1.82, 2.24) is 0 Å². The molecule has 0 aliphatic heterocycles. The minimum atomic E-state index is -2.01. The van der Waals surface area contributed by atoms with Crippen LogP contribution in [0.25, 0.3) is 0 Å². The lowest BCUT2D eigenvalue weighted by molar-refractivity contribution is -0.149. The average molecular weight is 425 g/mol. The van der Waals surface area contributed by atoms with Crippen LogP contribution in [-0.2, 0) is 22.5 Å². The maximum absolute atomic E-state index is 12.9. The molecule has 0 aromatic rings. The molecule has 2 atom stereocenters. The average Bonchev–Trinajstić information content (AvgIpc) is 2.25. The van der Waals surface area contributed by atoms with E-state index in [2.05, 4.69) is 58.9 Å². The summed E-state index contributed by atoms with van der Waals surface area (Å²) in [5, 5.41) is 0. The second kappa shape index (κ2) is 8.94. The van der Waals surface area contributed by atoms with Gasteiger partial charge in [0.15, 0.2) is 31.1 Å². The minimum absolute atomic E-state index is 0.302. The Morgan fingerprint density at radius 3 is 1.44 bits per heavy atom. The highest BCUT2D eigenvalue weighted by atomic mass is 28.4. The lowest BCUT2D eigenvalue weighted by Gasteiger charge is -2.37. The van der Waals surface area contributed by atoms with Gasteiger partial charge in [0, 0.05) is 0 Å². The van der Waals surface area contributed by atoms with Crippen LogP contribution < -0.4 is 0 Å². The third-order valence-electron chi connectivity index (χ3n) is 2.64. The van der Waals surface area contributed by atoms with Crippen LogP contribution in [0.15, 0.2) is 0 Å². The quantitative estimate of drug-likeness (QED) is 0.477. The van der Waals surface area contributed by atoms with Crippen molar-refractivity contribution in [2.75, 3.05) is 6.61 Å². The molecule has 150 valence electrons. The molecule has 0 unspecified atom stereocenters. The number of carbonyl (C=O) groups excluding carboxylic acids is 1. The van der Waals surface area contributed by atoms with Crippen LogP contribution >= 0.6 is 0 Å². The SMILES string of the molecule is C[Si](C)(C)OC[C@H](O[Si](C)(C)C)[C@H](O[Si](C)(C)C)C(=O)O[Si](C)(C)C. The van der Waals surface area contributed by atoms with Gasteiger partial charge in [-0.15, -0.1) is 0 Å². The molecule has 0 aromatic heterocycles. The molecule has 25 heavy (non-hydrogen) atoms. The van der Waals surface area contributed by atoms with Crippen LogP contribution in [0.4, 0.5) is 0 Å². The summed E-state index contributed by atoms with van der Waals surface area (Å²) in [5.74, 6) is -0.302. The normalized spacial score (nSPS) is 16.5. The molecule has 0 heterocycles. The molecule has 0 aliphatic rings. The predicted octanol–water partition coefficient (Wildman–Crippen LogP) is 4.66. The summed E-state index contributed by atoms with van der Waals surface area (Å²) in [6, 6.07) is 0. The summed E-state index contributed by atoms with van der Waals surface area (Å²) in [6.07, 6.45) is -1.14. The van der Waals surface area contributed by atoms with Crippen molar-refractivity contribution in [1.29, 1.82) is 0 Å². The summed E-state index contributed by atoms with van der Waals surface area (Å²) in [6.45, 7) is 25.4. The Bertz CT molecular complexity index is 430. The Morgan fingerprint density at radius 1 is 0.680 bits per heavy atom. The van der Waals surface area contributed by atoms with E-state index in [1.54, 1.807) is 0 Å². The van der Waals surface area contributed by atoms with Crippen molar-refractivity contribution < 1.29 is 22.5 Å². The van der Waals surface area contributed by atoms with Gasteiger partial charge in [0.1, 0.15) is 6.10 Å². The highest BCUT2D eigenvalue weighted by molar-refractivity contribution is 6.72. The lowest BCUT2D eigenvalue weighted by Crippen LogP contribution is -2.53. The van der Waals surface area contributed by atoms with Gasteiger partial charge in [-0.25, -0.2) is 0 Å². The number of carbonyl (C=O) groups is 1. The van der Waals surface area contributed by atoms with Crippen LogP contribution in [0.5, 0.6) is 0 Å². The minimum Gasteiger partial charge on any atom is -0.518 e. The summed E-state index contributed by atoms with van der Waals surface area (Å²) in [5.41, 5.74) is 0. The Kier molecular flexibility index (Phi) is 9.02. The zero-order chi connectivity index (χ0) is 20.3. The standard InChI is InChI=1S/C16H40O5Si4/c1-22(2,3)18-13-14(19-23(4,5)6)15(20-24(7,8)9)16(17)21-25(10,11)12/h14-15H,13H2,1-12H3/t14-,15-/m0/s1. The highest BCUT2D eigenvalue weighted by Crippen LogP contribution is 2.21. The van der Waals surface area contributed by atoms with Gasteiger partial charge in [-0.05, 0) is 78.6 Å². The van der Waals surface area contributed by atoms with Crippen LogP contribution in [-0.4, -0.2) is 58.1 Å². The molecule has 0 saturated heterocycles. The van der Waals surface area contributed by atoms with E-state index in [4.69, 9.17) is 17.7 Å². The highest BCUT2D eigenvalue weighted by Gasteiger charge is 2.40. The Morgan fingerprint density at radius 2 is 1.12 bits per heavy atom. The van der Waals surface area contributed by atoms with Crippen LogP contribution in [0.2, 0.25) is 78.6 Å². The monoisotopic (exact) mass is 424 g/mol. The number of rotatable bonds is 10. The molecule has 0 spiro atoms. The maximum Gasteiger partial charge on any atom is 0.323 e. The molecular formula is C16H40O5Si4. The molecule has 0 radical (unpaired) electrons. The first-order chi connectivity index (χ1) is 10.8. The van der Waals surface area contributed by atoms with E-state index in [1.807, 2.05) is 19.6 Å². The van der Waals surface area contributed by atoms with Gasteiger partial charge >= 0.3 is 5.97 Å². The van der Waals surface area contributed by atoms with E-state index in [-0.39, 0.29) is 5.97 Å². The Hall–Kier alpha value is 0.218.